The van der Waals surface area contributed by atoms with Crippen LogP contribution in [0, 0.1) is 0 Å². The predicted octanol–water partition coefficient (Wildman–Crippen LogP) is 5.95. The number of carbonyl (C=O) groups excluding carboxylic acids is 1. The second-order valence-electron chi connectivity index (χ2n) is 8.35. The molecule has 0 radical (unpaired) electrons. The quantitative estimate of drug-likeness (QED) is 0.504. The fraction of sp³-hybridized carbons (Fsp3) is 0.346. The number of ether oxygens (including phenoxy) is 1. The van der Waals surface area contributed by atoms with Crippen LogP contribution in [0.3, 0.4) is 0 Å². The highest BCUT2D eigenvalue weighted by Crippen LogP contribution is 2.46. The predicted molar refractivity (Wildman–Crippen MR) is 131 cm³/mol. The number of thiophene rings is 1. The summed E-state index contributed by atoms with van der Waals surface area (Å²) in [6.07, 6.45) is 4.51. The van der Waals surface area contributed by atoms with Gasteiger partial charge in [-0.25, -0.2) is 0 Å². The minimum Gasteiger partial charge on any atom is -0.379 e. The number of fused-ring (bicyclic) bond motifs is 1. The van der Waals surface area contributed by atoms with Gasteiger partial charge in [0.1, 0.15) is 5.00 Å². The summed E-state index contributed by atoms with van der Waals surface area (Å²) in [4.78, 5) is 17.0. The Balaban J connectivity index is 1.62. The number of rotatable bonds is 5. The second kappa shape index (κ2) is 9.75. The van der Waals surface area contributed by atoms with Gasteiger partial charge in [-0.2, -0.15) is 0 Å². The van der Waals surface area contributed by atoms with Crippen LogP contribution in [0.1, 0.15) is 50.8 Å². The van der Waals surface area contributed by atoms with Crippen LogP contribution in [0.25, 0.3) is 0 Å². The standard InChI is InChI=1S/C26H27ClN2O2S/c27-21-12-6-4-10-19(21)24(29-14-16-31-17-15-29)23-20-11-5-7-13-22(20)32-26(23)28-25(30)18-8-2-1-3-9-18/h1-4,6,8-10,12,24H,5,7,11,13-17H2,(H,28,30). The molecule has 5 rings (SSSR count). The number of anilines is 1. The van der Waals surface area contributed by atoms with Crippen LogP contribution in [0.4, 0.5) is 5.00 Å². The first-order valence-electron chi connectivity index (χ1n) is 11.3. The zero-order valence-corrected chi connectivity index (χ0v) is 19.6. The van der Waals surface area contributed by atoms with Gasteiger partial charge in [0.15, 0.2) is 0 Å². The number of nitrogens with one attached hydrogen (secondary N) is 1. The lowest BCUT2D eigenvalue weighted by Crippen LogP contribution is -2.40. The molecule has 6 heteroatoms. The largest absolute Gasteiger partial charge is 0.379 e. The van der Waals surface area contributed by atoms with Crippen LogP contribution >= 0.6 is 22.9 Å². The minimum atomic E-state index is -0.0645. The van der Waals surface area contributed by atoms with Gasteiger partial charge in [-0.15, -0.1) is 11.3 Å². The van der Waals surface area contributed by atoms with Gasteiger partial charge < -0.3 is 10.1 Å². The average Bonchev–Trinajstić information content (AvgIpc) is 3.19. The maximum Gasteiger partial charge on any atom is 0.256 e. The molecule has 1 unspecified atom stereocenters. The smallest absolute Gasteiger partial charge is 0.256 e. The third-order valence-electron chi connectivity index (χ3n) is 6.36. The Morgan fingerprint density at radius 1 is 1.00 bits per heavy atom. The monoisotopic (exact) mass is 466 g/mol. The number of hydrogen-bond acceptors (Lipinski definition) is 4. The molecule has 0 saturated carbocycles. The molecule has 2 aromatic carbocycles. The highest BCUT2D eigenvalue weighted by Gasteiger charge is 2.33. The highest BCUT2D eigenvalue weighted by molar-refractivity contribution is 7.16. The molecule has 4 nitrogen and oxygen atoms in total. The van der Waals surface area contributed by atoms with Crippen LogP contribution < -0.4 is 5.32 Å². The zero-order chi connectivity index (χ0) is 21.9. The summed E-state index contributed by atoms with van der Waals surface area (Å²) in [5, 5.41) is 5.00. The fourth-order valence-electron chi connectivity index (χ4n) is 4.80. The van der Waals surface area contributed by atoms with E-state index in [0.29, 0.717) is 18.8 Å². The molecular weight excluding hydrogens is 440 g/mol. The average molecular weight is 467 g/mol. The van der Waals surface area contributed by atoms with Crippen molar-refractivity contribution in [2.75, 3.05) is 31.6 Å². The molecule has 1 amide bonds. The van der Waals surface area contributed by atoms with Gasteiger partial charge in [0.05, 0.1) is 19.3 Å². The molecule has 1 saturated heterocycles. The molecule has 0 spiro atoms. The van der Waals surface area contributed by atoms with Gasteiger partial charge in [0, 0.05) is 34.1 Å². The number of halogens is 1. The van der Waals surface area contributed by atoms with Crippen molar-refractivity contribution in [3.63, 3.8) is 0 Å². The van der Waals surface area contributed by atoms with E-state index in [4.69, 9.17) is 16.3 Å². The van der Waals surface area contributed by atoms with Gasteiger partial charge in [0.25, 0.3) is 5.91 Å². The van der Waals surface area contributed by atoms with E-state index in [0.717, 1.165) is 41.5 Å². The van der Waals surface area contributed by atoms with Gasteiger partial charge in [-0.1, -0.05) is 48.0 Å². The van der Waals surface area contributed by atoms with Gasteiger partial charge >= 0.3 is 0 Å². The topological polar surface area (TPSA) is 41.6 Å². The van der Waals surface area contributed by atoms with Crippen molar-refractivity contribution < 1.29 is 9.53 Å². The molecule has 1 aromatic heterocycles. The molecule has 2 aliphatic rings. The third kappa shape index (κ3) is 4.35. The highest BCUT2D eigenvalue weighted by atomic mass is 35.5. The minimum absolute atomic E-state index is 0.00299. The Morgan fingerprint density at radius 2 is 1.72 bits per heavy atom. The lowest BCUT2D eigenvalue weighted by Gasteiger charge is -2.36. The van der Waals surface area contributed by atoms with E-state index < -0.39 is 0 Å². The van der Waals surface area contributed by atoms with Crippen molar-refractivity contribution in [1.29, 1.82) is 0 Å². The number of morpholine rings is 1. The van der Waals surface area contributed by atoms with Crippen LogP contribution in [0.2, 0.25) is 5.02 Å². The van der Waals surface area contributed by atoms with E-state index in [2.05, 4.69) is 22.3 Å². The Kier molecular flexibility index (Phi) is 6.60. The summed E-state index contributed by atoms with van der Waals surface area (Å²) in [6, 6.07) is 17.6. The van der Waals surface area contributed by atoms with Gasteiger partial charge in [-0.05, 0) is 55.0 Å². The molecular formula is C26H27ClN2O2S. The van der Waals surface area contributed by atoms with Crippen molar-refractivity contribution in [1.82, 2.24) is 4.90 Å². The SMILES string of the molecule is O=C(Nc1sc2c(c1C(c1ccccc1Cl)N1CCOCC1)CCCC2)c1ccccc1. The van der Waals surface area contributed by atoms with E-state index in [1.807, 2.05) is 42.5 Å². The van der Waals surface area contributed by atoms with E-state index in [1.165, 1.54) is 28.8 Å². The Morgan fingerprint density at radius 3 is 2.50 bits per heavy atom. The maximum atomic E-state index is 13.1. The lowest BCUT2D eigenvalue weighted by molar-refractivity contribution is 0.0239. The van der Waals surface area contributed by atoms with Crippen LogP contribution in [0.5, 0.6) is 0 Å². The third-order valence-corrected chi connectivity index (χ3v) is 7.93. The van der Waals surface area contributed by atoms with Crippen molar-refractivity contribution >= 4 is 33.8 Å². The molecule has 166 valence electrons. The molecule has 32 heavy (non-hydrogen) atoms. The number of aryl methyl sites for hydroxylation is 1. The first-order valence-corrected chi connectivity index (χ1v) is 12.5. The molecule has 0 bridgehead atoms. The van der Waals surface area contributed by atoms with Crippen molar-refractivity contribution in [3.05, 3.63) is 86.8 Å². The molecule has 3 aromatic rings. The normalized spacial score (nSPS) is 17.5. The van der Waals surface area contributed by atoms with E-state index >= 15 is 0 Å². The summed E-state index contributed by atoms with van der Waals surface area (Å²) < 4.78 is 5.66. The molecule has 1 fully saturated rings. The van der Waals surface area contributed by atoms with Gasteiger partial charge in [-0.3, -0.25) is 9.69 Å². The summed E-state index contributed by atoms with van der Waals surface area (Å²) in [6.45, 7) is 3.09. The number of amides is 1. The lowest BCUT2D eigenvalue weighted by atomic mass is 9.88. The number of carbonyl (C=O) groups is 1. The van der Waals surface area contributed by atoms with Crippen LogP contribution in [-0.2, 0) is 17.6 Å². The Hall–Kier alpha value is -2.18. The molecule has 1 atom stereocenters. The molecule has 1 N–H and O–H groups in total. The summed E-state index contributed by atoms with van der Waals surface area (Å²) in [5.74, 6) is -0.0645. The number of benzene rings is 2. The Labute approximate surface area is 198 Å². The summed E-state index contributed by atoms with van der Waals surface area (Å²) in [5.41, 5.74) is 4.40. The zero-order valence-electron chi connectivity index (χ0n) is 18.0. The van der Waals surface area contributed by atoms with E-state index in [9.17, 15) is 4.79 Å². The van der Waals surface area contributed by atoms with Crippen molar-refractivity contribution in [3.8, 4) is 0 Å². The first-order chi connectivity index (χ1) is 15.7. The van der Waals surface area contributed by atoms with Crippen molar-refractivity contribution in [2.45, 2.75) is 31.7 Å². The summed E-state index contributed by atoms with van der Waals surface area (Å²) in [7, 11) is 0. The fourth-order valence-corrected chi connectivity index (χ4v) is 6.36. The summed E-state index contributed by atoms with van der Waals surface area (Å²) >= 11 is 8.50. The number of hydrogen-bond donors (Lipinski definition) is 1. The Bertz CT molecular complexity index is 1090. The molecule has 2 heterocycles. The molecule has 1 aliphatic heterocycles. The maximum absolute atomic E-state index is 13.1. The van der Waals surface area contributed by atoms with Crippen LogP contribution in [0.15, 0.2) is 54.6 Å². The second-order valence-corrected chi connectivity index (χ2v) is 9.86. The van der Waals surface area contributed by atoms with Crippen LogP contribution in [-0.4, -0.2) is 37.1 Å². The van der Waals surface area contributed by atoms with E-state index in [1.54, 1.807) is 11.3 Å². The van der Waals surface area contributed by atoms with Crippen molar-refractivity contribution in [2.24, 2.45) is 0 Å². The number of nitrogens with zero attached hydrogens (tertiary/aromatic N) is 1. The first kappa shape index (κ1) is 21.7. The van der Waals surface area contributed by atoms with Gasteiger partial charge in [0.2, 0.25) is 0 Å². The molecule has 1 aliphatic carbocycles. The van der Waals surface area contributed by atoms with E-state index in [-0.39, 0.29) is 11.9 Å².